The summed E-state index contributed by atoms with van der Waals surface area (Å²) in [5, 5.41) is 9.82. The van der Waals surface area contributed by atoms with Crippen LogP contribution in [-0.4, -0.2) is 36.1 Å². The lowest BCUT2D eigenvalue weighted by Gasteiger charge is -2.25. The molecule has 2 heterocycles. The molecule has 0 radical (unpaired) electrons. The Labute approximate surface area is 134 Å². The Morgan fingerprint density at radius 1 is 1.32 bits per heavy atom. The lowest BCUT2D eigenvalue weighted by Crippen LogP contribution is -2.35. The smallest absolute Gasteiger partial charge is 0.225 e. The monoisotopic (exact) mass is 313 g/mol. The Balaban J connectivity index is 1.79. The molecule has 0 spiro atoms. The summed E-state index contributed by atoms with van der Waals surface area (Å²) >= 11 is 6.12. The molecular weight excluding hydrogens is 298 g/mol. The highest BCUT2D eigenvalue weighted by Crippen LogP contribution is 2.30. The van der Waals surface area contributed by atoms with Crippen LogP contribution in [0.5, 0.6) is 0 Å². The van der Waals surface area contributed by atoms with E-state index in [2.05, 4.69) is 25.8 Å². The molecular formula is C16H16ClN5. The summed E-state index contributed by atoms with van der Waals surface area (Å²) in [6.45, 7) is 1.71. The molecule has 1 aromatic heterocycles. The first-order valence-electron chi connectivity index (χ1n) is 7.14. The zero-order valence-electron chi connectivity index (χ0n) is 12.3. The van der Waals surface area contributed by atoms with Gasteiger partial charge in [-0.3, -0.25) is 0 Å². The van der Waals surface area contributed by atoms with E-state index in [4.69, 9.17) is 11.6 Å². The van der Waals surface area contributed by atoms with E-state index in [9.17, 15) is 5.26 Å². The molecule has 22 heavy (non-hydrogen) atoms. The maximum absolute atomic E-state index is 9.32. The molecule has 0 bridgehead atoms. The number of nitrogens with zero attached hydrogens (tertiary/aromatic N) is 5. The maximum atomic E-state index is 9.32. The second-order valence-corrected chi connectivity index (χ2v) is 5.70. The van der Waals surface area contributed by atoms with E-state index in [-0.39, 0.29) is 0 Å². The van der Waals surface area contributed by atoms with Crippen LogP contribution in [0.3, 0.4) is 0 Å². The normalized spacial score (nSPS) is 17.3. The second-order valence-electron chi connectivity index (χ2n) is 5.29. The third kappa shape index (κ3) is 2.70. The largest absolute Gasteiger partial charge is 0.368 e. The number of anilines is 2. The Bertz CT molecular complexity index is 697. The van der Waals surface area contributed by atoms with Crippen molar-refractivity contribution in [1.29, 1.82) is 5.26 Å². The lowest BCUT2D eigenvalue weighted by molar-refractivity contribution is 0.674. The predicted octanol–water partition coefficient (Wildman–Crippen LogP) is 2.72. The number of nitriles is 1. The van der Waals surface area contributed by atoms with Crippen molar-refractivity contribution in [1.82, 2.24) is 9.97 Å². The van der Waals surface area contributed by atoms with Gasteiger partial charge in [-0.25, -0.2) is 9.97 Å². The van der Waals surface area contributed by atoms with Gasteiger partial charge in [0.15, 0.2) is 0 Å². The van der Waals surface area contributed by atoms with E-state index < -0.39 is 0 Å². The predicted molar refractivity (Wildman–Crippen MR) is 87.2 cm³/mol. The molecule has 1 aromatic carbocycles. The summed E-state index contributed by atoms with van der Waals surface area (Å²) < 4.78 is 0. The molecule has 1 atom stereocenters. The fourth-order valence-electron chi connectivity index (χ4n) is 2.80. The number of halogens is 1. The Morgan fingerprint density at radius 3 is 2.82 bits per heavy atom. The maximum Gasteiger partial charge on any atom is 0.225 e. The average molecular weight is 314 g/mol. The molecule has 0 N–H and O–H groups in total. The third-order valence-corrected chi connectivity index (χ3v) is 4.34. The Kier molecular flexibility index (Phi) is 4.12. The quantitative estimate of drug-likeness (QED) is 0.872. The van der Waals surface area contributed by atoms with Gasteiger partial charge >= 0.3 is 0 Å². The summed E-state index contributed by atoms with van der Waals surface area (Å²) in [4.78, 5) is 12.9. The van der Waals surface area contributed by atoms with E-state index >= 15 is 0 Å². The highest BCUT2D eigenvalue weighted by atomic mass is 35.5. The van der Waals surface area contributed by atoms with Gasteiger partial charge in [-0.15, -0.1) is 0 Å². The molecule has 6 heteroatoms. The van der Waals surface area contributed by atoms with Crippen molar-refractivity contribution in [3.8, 4) is 6.07 Å². The van der Waals surface area contributed by atoms with Gasteiger partial charge in [0.05, 0.1) is 22.3 Å². The van der Waals surface area contributed by atoms with Crippen LogP contribution in [0.15, 0.2) is 36.7 Å². The Hall–Kier alpha value is -2.32. The zero-order valence-corrected chi connectivity index (χ0v) is 13.0. The minimum Gasteiger partial charge on any atom is -0.368 e. The Morgan fingerprint density at radius 2 is 2.09 bits per heavy atom. The summed E-state index contributed by atoms with van der Waals surface area (Å²) in [7, 11) is 2.01. The van der Waals surface area contributed by atoms with Crippen LogP contribution in [0.1, 0.15) is 12.0 Å². The van der Waals surface area contributed by atoms with Crippen molar-refractivity contribution < 1.29 is 0 Å². The highest BCUT2D eigenvalue weighted by Gasteiger charge is 2.28. The third-order valence-electron chi connectivity index (χ3n) is 4.02. The minimum atomic E-state index is 0.313. The number of benzene rings is 1. The van der Waals surface area contributed by atoms with Crippen molar-refractivity contribution >= 4 is 23.2 Å². The zero-order chi connectivity index (χ0) is 15.5. The summed E-state index contributed by atoms with van der Waals surface area (Å²) in [5.74, 6) is 0.723. The number of hydrogen-bond donors (Lipinski definition) is 0. The van der Waals surface area contributed by atoms with Crippen LogP contribution >= 0.6 is 11.6 Å². The van der Waals surface area contributed by atoms with Crippen LogP contribution in [0.2, 0.25) is 5.02 Å². The van der Waals surface area contributed by atoms with Gasteiger partial charge in [0, 0.05) is 32.5 Å². The minimum absolute atomic E-state index is 0.313. The number of aromatic nitrogens is 2. The van der Waals surface area contributed by atoms with Crippen molar-refractivity contribution in [2.45, 2.75) is 12.5 Å². The fraction of sp³-hybridized carbons (Fsp3) is 0.312. The number of hydrogen-bond acceptors (Lipinski definition) is 5. The van der Waals surface area contributed by atoms with E-state index in [1.807, 2.05) is 25.2 Å². The summed E-state index contributed by atoms with van der Waals surface area (Å²) in [5.41, 5.74) is 1.45. The fourth-order valence-corrected chi connectivity index (χ4v) is 3.01. The van der Waals surface area contributed by atoms with Gasteiger partial charge < -0.3 is 9.80 Å². The molecule has 1 fully saturated rings. The first-order valence-corrected chi connectivity index (χ1v) is 7.52. The number of rotatable bonds is 3. The SMILES string of the molecule is CN(c1ncccn1)C1CCN(c2cccc(Cl)c2C#N)C1. The number of likely N-dealkylation sites (N-methyl/N-ethyl adjacent to an activating group) is 1. The standard InChI is InChI=1S/C16H16ClN5/c1-21(16-19-7-3-8-20-16)12-6-9-22(11-12)15-5-2-4-14(17)13(15)10-18/h2-5,7-8,12H,6,9,11H2,1H3. The van der Waals surface area contributed by atoms with Crippen LogP contribution in [0.4, 0.5) is 11.6 Å². The van der Waals surface area contributed by atoms with E-state index in [0.29, 0.717) is 16.6 Å². The molecule has 2 aromatic rings. The van der Waals surface area contributed by atoms with Gasteiger partial charge in [0.25, 0.3) is 0 Å². The molecule has 0 amide bonds. The lowest BCUT2D eigenvalue weighted by atomic mass is 10.2. The van der Waals surface area contributed by atoms with Crippen LogP contribution in [0.25, 0.3) is 0 Å². The molecule has 1 unspecified atom stereocenters. The average Bonchev–Trinajstić information content (AvgIpc) is 3.04. The topological polar surface area (TPSA) is 56.1 Å². The van der Waals surface area contributed by atoms with Gasteiger partial charge in [-0.05, 0) is 24.6 Å². The van der Waals surface area contributed by atoms with Gasteiger partial charge in [0.2, 0.25) is 5.95 Å². The van der Waals surface area contributed by atoms with Crippen molar-refractivity contribution in [3.63, 3.8) is 0 Å². The first kappa shape index (κ1) is 14.6. The molecule has 0 aliphatic carbocycles. The van der Waals surface area contributed by atoms with Gasteiger partial charge in [-0.2, -0.15) is 5.26 Å². The summed E-state index contributed by atoms with van der Waals surface area (Å²) in [6.07, 6.45) is 4.48. The van der Waals surface area contributed by atoms with E-state index in [0.717, 1.165) is 31.1 Å². The van der Waals surface area contributed by atoms with Gasteiger partial charge in [0.1, 0.15) is 6.07 Å². The molecule has 1 aliphatic rings. The molecule has 3 rings (SSSR count). The first-order chi connectivity index (χ1) is 10.7. The van der Waals surface area contributed by atoms with Gasteiger partial charge in [-0.1, -0.05) is 17.7 Å². The van der Waals surface area contributed by atoms with E-state index in [1.165, 1.54) is 0 Å². The van der Waals surface area contributed by atoms with Crippen molar-refractivity contribution in [3.05, 3.63) is 47.2 Å². The second kappa shape index (κ2) is 6.20. The van der Waals surface area contributed by atoms with Crippen LogP contribution in [-0.2, 0) is 0 Å². The highest BCUT2D eigenvalue weighted by molar-refractivity contribution is 6.32. The molecule has 5 nitrogen and oxygen atoms in total. The van der Waals surface area contributed by atoms with Crippen LogP contribution in [0, 0.1) is 11.3 Å². The summed E-state index contributed by atoms with van der Waals surface area (Å²) in [6, 6.07) is 9.91. The van der Waals surface area contributed by atoms with Crippen molar-refractivity contribution in [2.24, 2.45) is 0 Å². The van der Waals surface area contributed by atoms with Crippen LogP contribution < -0.4 is 9.80 Å². The van der Waals surface area contributed by atoms with Crippen molar-refractivity contribution in [2.75, 3.05) is 29.9 Å². The molecule has 112 valence electrons. The van der Waals surface area contributed by atoms with E-state index in [1.54, 1.807) is 18.5 Å². The molecule has 1 saturated heterocycles. The molecule has 1 aliphatic heterocycles. The molecule has 0 saturated carbocycles.